The van der Waals surface area contributed by atoms with Crippen molar-refractivity contribution in [3.05, 3.63) is 41.5 Å². The molecule has 0 fully saturated rings. The highest BCUT2D eigenvalue weighted by Gasteiger charge is 2.06. The van der Waals surface area contributed by atoms with Crippen molar-refractivity contribution < 1.29 is 9.53 Å². The van der Waals surface area contributed by atoms with Crippen molar-refractivity contribution in [2.45, 2.75) is 19.8 Å². The average Bonchev–Trinajstić information content (AvgIpc) is 2.49. The van der Waals surface area contributed by atoms with Crippen molar-refractivity contribution in [2.24, 2.45) is 0 Å². The Morgan fingerprint density at radius 2 is 2.10 bits per heavy atom. The molecule has 116 valence electrons. The molecule has 2 N–H and O–H groups in total. The number of benzene rings is 1. The summed E-state index contributed by atoms with van der Waals surface area (Å²) in [4.78, 5) is 11.9. The zero-order chi connectivity index (χ0) is 14.2. The van der Waals surface area contributed by atoms with Crippen LogP contribution in [0.3, 0.4) is 0 Å². The number of carbonyl (C=O) groups is 1. The molecule has 0 atom stereocenters. The Balaban J connectivity index is 0.00000220. The zero-order valence-electron chi connectivity index (χ0n) is 12.4. The van der Waals surface area contributed by atoms with Gasteiger partial charge in [-0.2, -0.15) is 0 Å². The van der Waals surface area contributed by atoms with E-state index in [0.29, 0.717) is 19.6 Å². The summed E-state index contributed by atoms with van der Waals surface area (Å²) in [6.07, 6.45) is 3.59. The van der Waals surface area contributed by atoms with E-state index < -0.39 is 0 Å². The standard InChI is InChI=1S/C16H22N2O2.ClH/c1-2-20-15-5-3-13(4-6-15)11-16(19)18-12-14-7-9-17-10-8-14;/h3-7,17H,2,8-12H2,1H3,(H,18,19);1H. The van der Waals surface area contributed by atoms with Crippen molar-refractivity contribution >= 4 is 18.3 Å². The summed E-state index contributed by atoms with van der Waals surface area (Å²) >= 11 is 0. The Bertz CT molecular complexity index is 472. The normalized spacial score (nSPS) is 13.9. The van der Waals surface area contributed by atoms with Gasteiger partial charge in [0, 0.05) is 13.1 Å². The third-order valence-corrected chi connectivity index (χ3v) is 3.27. The number of halogens is 1. The van der Waals surface area contributed by atoms with Gasteiger partial charge in [0.05, 0.1) is 13.0 Å². The van der Waals surface area contributed by atoms with Gasteiger partial charge in [-0.05, 0) is 37.6 Å². The molecule has 0 spiro atoms. The van der Waals surface area contributed by atoms with Gasteiger partial charge in [0.2, 0.25) is 5.91 Å². The quantitative estimate of drug-likeness (QED) is 0.791. The number of rotatable bonds is 6. The molecule has 0 bridgehead atoms. The van der Waals surface area contributed by atoms with Crippen LogP contribution < -0.4 is 15.4 Å². The molecule has 1 amide bonds. The Hall–Kier alpha value is -1.52. The second-order valence-electron chi connectivity index (χ2n) is 4.85. The van der Waals surface area contributed by atoms with Crippen molar-refractivity contribution in [1.82, 2.24) is 10.6 Å². The fraction of sp³-hybridized carbons (Fsp3) is 0.438. The summed E-state index contributed by atoms with van der Waals surface area (Å²) in [6, 6.07) is 7.69. The molecule has 1 heterocycles. The fourth-order valence-electron chi connectivity index (χ4n) is 2.16. The molecule has 1 aliphatic rings. The van der Waals surface area contributed by atoms with Gasteiger partial charge in [0.25, 0.3) is 0 Å². The summed E-state index contributed by atoms with van der Waals surface area (Å²) in [6.45, 7) is 5.18. The van der Waals surface area contributed by atoms with Crippen LogP contribution in [0.15, 0.2) is 35.9 Å². The average molecular weight is 311 g/mol. The van der Waals surface area contributed by atoms with E-state index >= 15 is 0 Å². The number of ether oxygens (including phenoxy) is 1. The maximum atomic E-state index is 11.9. The van der Waals surface area contributed by atoms with Gasteiger partial charge in [-0.1, -0.05) is 23.8 Å². The fourth-order valence-corrected chi connectivity index (χ4v) is 2.16. The lowest BCUT2D eigenvalue weighted by Crippen LogP contribution is -2.30. The summed E-state index contributed by atoms with van der Waals surface area (Å²) < 4.78 is 5.38. The molecule has 0 unspecified atom stereocenters. The lowest BCUT2D eigenvalue weighted by Gasteiger charge is -2.14. The van der Waals surface area contributed by atoms with E-state index in [9.17, 15) is 4.79 Å². The van der Waals surface area contributed by atoms with E-state index in [1.807, 2.05) is 31.2 Å². The highest BCUT2D eigenvalue weighted by atomic mass is 35.5. The predicted molar refractivity (Wildman–Crippen MR) is 87.1 cm³/mol. The van der Waals surface area contributed by atoms with E-state index in [2.05, 4.69) is 16.7 Å². The van der Waals surface area contributed by atoms with E-state index in [-0.39, 0.29) is 18.3 Å². The van der Waals surface area contributed by atoms with Crippen LogP contribution in [0.1, 0.15) is 18.9 Å². The van der Waals surface area contributed by atoms with Crippen LogP contribution in [0.4, 0.5) is 0 Å². The van der Waals surface area contributed by atoms with Crippen molar-refractivity contribution in [1.29, 1.82) is 0 Å². The van der Waals surface area contributed by atoms with Crippen LogP contribution in [0.25, 0.3) is 0 Å². The van der Waals surface area contributed by atoms with Crippen molar-refractivity contribution in [2.75, 3.05) is 26.2 Å². The largest absolute Gasteiger partial charge is 0.494 e. The van der Waals surface area contributed by atoms with Gasteiger partial charge in [-0.15, -0.1) is 12.4 Å². The third kappa shape index (κ3) is 6.19. The molecule has 0 radical (unpaired) electrons. The first-order valence-electron chi connectivity index (χ1n) is 7.15. The van der Waals surface area contributed by atoms with Gasteiger partial charge in [0.1, 0.15) is 5.75 Å². The van der Waals surface area contributed by atoms with E-state index in [4.69, 9.17) is 4.74 Å². The summed E-state index contributed by atoms with van der Waals surface area (Å²) in [5, 5.41) is 6.23. The van der Waals surface area contributed by atoms with Crippen LogP contribution in [-0.4, -0.2) is 32.1 Å². The van der Waals surface area contributed by atoms with Crippen LogP contribution >= 0.6 is 12.4 Å². The molecule has 0 saturated carbocycles. The van der Waals surface area contributed by atoms with E-state index in [0.717, 1.165) is 30.8 Å². The van der Waals surface area contributed by atoms with Gasteiger partial charge < -0.3 is 15.4 Å². The number of nitrogens with one attached hydrogen (secondary N) is 2. The van der Waals surface area contributed by atoms with Crippen LogP contribution in [0.2, 0.25) is 0 Å². The summed E-state index contributed by atoms with van der Waals surface area (Å²) in [5.74, 6) is 0.908. The molecule has 0 aromatic heterocycles. The minimum atomic E-state index is 0. The first-order valence-corrected chi connectivity index (χ1v) is 7.15. The van der Waals surface area contributed by atoms with Gasteiger partial charge in [0.15, 0.2) is 0 Å². The minimum Gasteiger partial charge on any atom is -0.494 e. The molecule has 5 heteroatoms. The Morgan fingerprint density at radius 3 is 2.71 bits per heavy atom. The zero-order valence-corrected chi connectivity index (χ0v) is 13.2. The third-order valence-electron chi connectivity index (χ3n) is 3.27. The molecule has 0 saturated heterocycles. The van der Waals surface area contributed by atoms with Crippen LogP contribution in [0, 0.1) is 0 Å². The van der Waals surface area contributed by atoms with Gasteiger partial charge in [-0.25, -0.2) is 0 Å². The number of amides is 1. The molecule has 21 heavy (non-hydrogen) atoms. The summed E-state index contributed by atoms with van der Waals surface area (Å²) in [7, 11) is 0. The molecular formula is C16H23ClN2O2. The SMILES string of the molecule is CCOc1ccc(CC(=O)NCC2=CCNCC2)cc1.Cl. The first kappa shape index (κ1) is 17.5. The first-order chi connectivity index (χ1) is 9.78. The number of carbonyl (C=O) groups excluding carboxylic acids is 1. The number of hydrogen-bond acceptors (Lipinski definition) is 3. The Labute approximate surface area is 132 Å². The number of hydrogen-bond donors (Lipinski definition) is 2. The molecule has 1 aromatic rings. The molecule has 1 aliphatic heterocycles. The second-order valence-corrected chi connectivity index (χ2v) is 4.85. The molecular weight excluding hydrogens is 288 g/mol. The van der Waals surface area contributed by atoms with Crippen LogP contribution in [0.5, 0.6) is 5.75 Å². The minimum absolute atomic E-state index is 0. The monoisotopic (exact) mass is 310 g/mol. The highest BCUT2D eigenvalue weighted by molar-refractivity contribution is 5.85. The highest BCUT2D eigenvalue weighted by Crippen LogP contribution is 2.12. The molecule has 1 aromatic carbocycles. The lowest BCUT2D eigenvalue weighted by molar-refractivity contribution is -0.120. The molecule has 0 aliphatic carbocycles. The van der Waals surface area contributed by atoms with Crippen LogP contribution in [-0.2, 0) is 11.2 Å². The van der Waals surface area contributed by atoms with Gasteiger partial charge >= 0.3 is 0 Å². The van der Waals surface area contributed by atoms with Gasteiger partial charge in [-0.3, -0.25) is 4.79 Å². The Morgan fingerprint density at radius 1 is 1.33 bits per heavy atom. The predicted octanol–water partition coefficient (Wildman–Crippen LogP) is 2.09. The Kier molecular flexibility index (Phi) is 7.87. The topological polar surface area (TPSA) is 50.4 Å². The maximum absolute atomic E-state index is 11.9. The van der Waals surface area contributed by atoms with E-state index in [1.54, 1.807) is 0 Å². The van der Waals surface area contributed by atoms with E-state index in [1.165, 1.54) is 5.57 Å². The molecule has 4 nitrogen and oxygen atoms in total. The van der Waals surface area contributed by atoms with Crippen molar-refractivity contribution in [3.8, 4) is 5.75 Å². The summed E-state index contributed by atoms with van der Waals surface area (Å²) in [5.41, 5.74) is 2.31. The smallest absolute Gasteiger partial charge is 0.224 e. The lowest BCUT2D eigenvalue weighted by atomic mass is 10.1. The second kappa shape index (κ2) is 9.42. The van der Waals surface area contributed by atoms with Crippen molar-refractivity contribution in [3.63, 3.8) is 0 Å². The molecule has 2 rings (SSSR count). The maximum Gasteiger partial charge on any atom is 0.224 e.